The fourth-order valence-corrected chi connectivity index (χ4v) is 3.85. The monoisotopic (exact) mass is 342 g/mol. The lowest BCUT2D eigenvalue weighted by atomic mass is 10.1. The van der Waals surface area contributed by atoms with Crippen molar-refractivity contribution < 1.29 is 5.11 Å². The van der Waals surface area contributed by atoms with Crippen molar-refractivity contribution in [3.8, 4) is 0 Å². The fourth-order valence-electron chi connectivity index (χ4n) is 3.85. The van der Waals surface area contributed by atoms with Crippen LogP contribution in [0.25, 0.3) is 0 Å². The van der Waals surface area contributed by atoms with Crippen LogP contribution in [-0.2, 0) is 13.1 Å². The predicted octanol–water partition coefficient (Wildman–Crippen LogP) is 2.51. The minimum absolute atomic E-state index is 0.132. The first-order valence-electron chi connectivity index (χ1n) is 9.19. The molecule has 1 N–H and O–H groups in total. The molecule has 25 heavy (non-hydrogen) atoms. The normalized spacial score (nSPS) is 18.8. The maximum absolute atomic E-state index is 9.19. The first-order valence-corrected chi connectivity index (χ1v) is 9.19. The molecule has 1 aromatic carbocycles. The molecule has 0 aliphatic carbocycles. The average Bonchev–Trinajstić information content (AvgIpc) is 2.85. The van der Waals surface area contributed by atoms with Gasteiger partial charge in [0.15, 0.2) is 0 Å². The molecule has 0 spiro atoms. The molecule has 3 rings (SSSR count). The molecule has 1 aromatic heterocycles. The van der Waals surface area contributed by atoms with Crippen molar-refractivity contribution in [2.45, 2.75) is 46.8 Å². The van der Waals surface area contributed by atoms with E-state index in [1.165, 1.54) is 22.5 Å². The number of aromatic nitrogens is 2. The van der Waals surface area contributed by atoms with E-state index in [9.17, 15) is 5.11 Å². The number of rotatable bonds is 5. The zero-order valence-corrected chi connectivity index (χ0v) is 15.9. The standard InChI is InChI=1S/C20H30N4O/c1-15-7-5-6-8-20(15)23-10-9-22(16(2)13-23)14-19-17(3)21-24(11-12-25)18(19)4/h5-8,16,25H,9-14H2,1-4H3. The zero-order chi connectivity index (χ0) is 18.0. The van der Waals surface area contributed by atoms with Crippen molar-refractivity contribution in [1.29, 1.82) is 0 Å². The van der Waals surface area contributed by atoms with Crippen LogP contribution in [0.2, 0.25) is 0 Å². The van der Waals surface area contributed by atoms with Crippen molar-refractivity contribution in [3.63, 3.8) is 0 Å². The molecular formula is C20H30N4O. The van der Waals surface area contributed by atoms with Crippen molar-refractivity contribution >= 4 is 5.69 Å². The molecule has 1 saturated heterocycles. The third kappa shape index (κ3) is 3.72. The summed E-state index contributed by atoms with van der Waals surface area (Å²) in [6.45, 7) is 13.5. The Balaban J connectivity index is 1.70. The van der Waals surface area contributed by atoms with E-state index in [-0.39, 0.29) is 6.61 Å². The summed E-state index contributed by atoms with van der Waals surface area (Å²) >= 11 is 0. The Labute approximate surface area is 150 Å². The van der Waals surface area contributed by atoms with E-state index in [1.54, 1.807) is 0 Å². The molecule has 136 valence electrons. The van der Waals surface area contributed by atoms with E-state index < -0.39 is 0 Å². The fraction of sp³-hybridized carbons (Fsp3) is 0.550. The Morgan fingerprint density at radius 1 is 1.16 bits per heavy atom. The summed E-state index contributed by atoms with van der Waals surface area (Å²) in [4.78, 5) is 5.06. The SMILES string of the molecule is Cc1ccccc1N1CCN(Cc2c(C)nn(CCO)c2C)C(C)C1. The topological polar surface area (TPSA) is 44.5 Å². The lowest BCUT2D eigenvalue weighted by Gasteiger charge is -2.41. The maximum atomic E-state index is 9.19. The highest BCUT2D eigenvalue weighted by molar-refractivity contribution is 5.53. The number of piperazine rings is 1. The molecule has 1 fully saturated rings. The molecule has 1 unspecified atom stereocenters. The van der Waals surface area contributed by atoms with E-state index in [0.717, 1.165) is 31.9 Å². The van der Waals surface area contributed by atoms with Crippen LogP contribution in [0.3, 0.4) is 0 Å². The van der Waals surface area contributed by atoms with Crippen molar-refractivity contribution in [2.24, 2.45) is 0 Å². The Hall–Kier alpha value is -1.85. The van der Waals surface area contributed by atoms with Crippen LogP contribution >= 0.6 is 0 Å². The van der Waals surface area contributed by atoms with Gasteiger partial charge in [-0.2, -0.15) is 5.10 Å². The highest BCUT2D eigenvalue weighted by Crippen LogP contribution is 2.25. The van der Waals surface area contributed by atoms with E-state index in [0.29, 0.717) is 12.6 Å². The third-order valence-electron chi connectivity index (χ3n) is 5.43. The van der Waals surface area contributed by atoms with E-state index in [2.05, 4.69) is 66.9 Å². The van der Waals surface area contributed by atoms with Gasteiger partial charge in [-0.1, -0.05) is 18.2 Å². The maximum Gasteiger partial charge on any atom is 0.0644 e. The molecule has 1 atom stereocenters. The molecule has 0 saturated carbocycles. The van der Waals surface area contributed by atoms with Crippen LogP contribution in [0, 0.1) is 20.8 Å². The third-order valence-corrected chi connectivity index (χ3v) is 5.43. The van der Waals surface area contributed by atoms with Gasteiger partial charge in [0.2, 0.25) is 0 Å². The van der Waals surface area contributed by atoms with Crippen LogP contribution in [0.5, 0.6) is 0 Å². The Bertz CT molecular complexity index is 724. The van der Waals surface area contributed by atoms with Gasteiger partial charge in [-0.3, -0.25) is 9.58 Å². The number of hydrogen-bond donors (Lipinski definition) is 1. The van der Waals surface area contributed by atoms with E-state index in [4.69, 9.17) is 0 Å². The second-order valence-corrected chi connectivity index (χ2v) is 7.15. The summed E-state index contributed by atoms with van der Waals surface area (Å²) in [5.41, 5.74) is 6.28. The smallest absolute Gasteiger partial charge is 0.0644 e. The Kier molecular flexibility index (Phi) is 5.45. The first-order chi connectivity index (χ1) is 12.0. The predicted molar refractivity (Wildman–Crippen MR) is 102 cm³/mol. The largest absolute Gasteiger partial charge is 0.394 e. The number of anilines is 1. The van der Waals surface area contributed by atoms with Crippen LogP contribution in [0.1, 0.15) is 29.4 Å². The highest BCUT2D eigenvalue weighted by Gasteiger charge is 2.26. The second kappa shape index (κ2) is 7.58. The van der Waals surface area contributed by atoms with Gasteiger partial charge in [-0.25, -0.2) is 0 Å². The summed E-state index contributed by atoms with van der Waals surface area (Å²) in [6.07, 6.45) is 0. The van der Waals surface area contributed by atoms with Crippen molar-refractivity contribution in [2.75, 3.05) is 31.1 Å². The first kappa shape index (κ1) is 18.0. The van der Waals surface area contributed by atoms with Gasteiger partial charge in [0, 0.05) is 49.2 Å². The minimum Gasteiger partial charge on any atom is -0.394 e. The number of aliphatic hydroxyl groups excluding tert-OH is 1. The van der Waals surface area contributed by atoms with Crippen LogP contribution < -0.4 is 4.90 Å². The van der Waals surface area contributed by atoms with Crippen LogP contribution in [0.4, 0.5) is 5.69 Å². The molecule has 5 nitrogen and oxygen atoms in total. The van der Waals surface area contributed by atoms with Gasteiger partial charge in [0.1, 0.15) is 0 Å². The highest BCUT2D eigenvalue weighted by atomic mass is 16.3. The second-order valence-electron chi connectivity index (χ2n) is 7.15. The van der Waals surface area contributed by atoms with Gasteiger partial charge in [-0.05, 0) is 39.3 Å². The summed E-state index contributed by atoms with van der Waals surface area (Å²) in [7, 11) is 0. The van der Waals surface area contributed by atoms with Gasteiger partial charge in [-0.15, -0.1) is 0 Å². The molecule has 0 bridgehead atoms. The average molecular weight is 342 g/mol. The molecular weight excluding hydrogens is 312 g/mol. The Morgan fingerprint density at radius 3 is 2.60 bits per heavy atom. The molecule has 2 aromatic rings. The zero-order valence-electron chi connectivity index (χ0n) is 15.9. The van der Waals surface area contributed by atoms with Crippen molar-refractivity contribution in [3.05, 3.63) is 46.8 Å². The van der Waals surface area contributed by atoms with E-state index >= 15 is 0 Å². The molecule has 0 amide bonds. The number of hydrogen-bond acceptors (Lipinski definition) is 4. The number of para-hydroxylation sites is 1. The van der Waals surface area contributed by atoms with Gasteiger partial charge in [0.05, 0.1) is 18.8 Å². The Morgan fingerprint density at radius 2 is 1.92 bits per heavy atom. The quantitative estimate of drug-likeness (QED) is 0.907. The summed E-state index contributed by atoms with van der Waals surface area (Å²) in [6, 6.07) is 9.14. The van der Waals surface area contributed by atoms with Crippen LogP contribution in [0.15, 0.2) is 24.3 Å². The van der Waals surface area contributed by atoms with Gasteiger partial charge in [0.25, 0.3) is 0 Å². The number of aryl methyl sites for hydroxylation is 2. The molecule has 2 heterocycles. The van der Waals surface area contributed by atoms with Crippen molar-refractivity contribution in [1.82, 2.24) is 14.7 Å². The molecule has 5 heteroatoms. The lowest BCUT2D eigenvalue weighted by Crippen LogP contribution is -2.51. The summed E-state index contributed by atoms with van der Waals surface area (Å²) in [5.74, 6) is 0. The van der Waals surface area contributed by atoms with Crippen LogP contribution in [-0.4, -0.2) is 52.1 Å². The molecule has 1 aliphatic rings. The van der Waals surface area contributed by atoms with Gasteiger partial charge >= 0.3 is 0 Å². The van der Waals surface area contributed by atoms with Gasteiger partial charge < -0.3 is 10.0 Å². The number of benzene rings is 1. The molecule has 0 radical (unpaired) electrons. The summed E-state index contributed by atoms with van der Waals surface area (Å²) < 4.78 is 1.93. The summed E-state index contributed by atoms with van der Waals surface area (Å²) in [5, 5.41) is 13.8. The molecule has 1 aliphatic heterocycles. The minimum atomic E-state index is 0.132. The lowest BCUT2D eigenvalue weighted by molar-refractivity contribution is 0.180. The number of aliphatic hydroxyl groups is 1. The number of nitrogens with zero attached hydrogens (tertiary/aromatic N) is 4. The van der Waals surface area contributed by atoms with E-state index in [1.807, 2.05) is 4.68 Å².